The molecule has 0 saturated heterocycles. The summed E-state index contributed by atoms with van der Waals surface area (Å²) in [5.74, 6) is 0.750. The van der Waals surface area contributed by atoms with Crippen molar-refractivity contribution in [2.75, 3.05) is 0 Å². The molecule has 0 aliphatic rings. The van der Waals surface area contributed by atoms with Crippen molar-refractivity contribution in [1.82, 2.24) is 9.55 Å². The standard InChI is InChI=1S/C13H10N2O4/c1-7-2-5-11(19-7)15-12(17)9-4-3-8(16)6-10(9)14-13(15)18/h2-6,16H,1H3,(H,14,18). The van der Waals surface area contributed by atoms with Gasteiger partial charge in [-0.05, 0) is 25.1 Å². The molecule has 0 fully saturated rings. The number of aromatic hydroxyl groups is 1. The summed E-state index contributed by atoms with van der Waals surface area (Å²) < 4.78 is 6.22. The van der Waals surface area contributed by atoms with Crippen LogP contribution in [0.15, 0.2) is 44.3 Å². The minimum atomic E-state index is -0.613. The number of aromatic amines is 1. The predicted molar refractivity (Wildman–Crippen MR) is 68.8 cm³/mol. The molecule has 0 aliphatic carbocycles. The van der Waals surface area contributed by atoms with Crippen molar-refractivity contribution in [1.29, 1.82) is 0 Å². The first kappa shape index (κ1) is 11.3. The molecule has 2 aromatic heterocycles. The average Bonchev–Trinajstić information content (AvgIpc) is 2.75. The van der Waals surface area contributed by atoms with E-state index in [4.69, 9.17) is 4.42 Å². The van der Waals surface area contributed by atoms with Crippen LogP contribution in [-0.2, 0) is 0 Å². The van der Waals surface area contributed by atoms with Gasteiger partial charge in [0.2, 0.25) is 5.88 Å². The van der Waals surface area contributed by atoms with E-state index in [2.05, 4.69) is 4.98 Å². The quantitative estimate of drug-likeness (QED) is 0.688. The Morgan fingerprint density at radius 1 is 1.21 bits per heavy atom. The number of H-pyrrole nitrogens is 1. The van der Waals surface area contributed by atoms with Gasteiger partial charge in [-0.3, -0.25) is 4.79 Å². The van der Waals surface area contributed by atoms with E-state index in [0.717, 1.165) is 4.57 Å². The summed E-state index contributed by atoms with van der Waals surface area (Å²) >= 11 is 0. The summed E-state index contributed by atoms with van der Waals surface area (Å²) in [6, 6.07) is 7.39. The molecule has 0 unspecified atom stereocenters. The van der Waals surface area contributed by atoms with Crippen LogP contribution in [0.25, 0.3) is 16.8 Å². The van der Waals surface area contributed by atoms with Gasteiger partial charge in [-0.1, -0.05) is 0 Å². The van der Waals surface area contributed by atoms with Crippen molar-refractivity contribution in [3.8, 4) is 11.6 Å². The highest BCUT2D eigenvalue weighted by molar-refractivity contribution is 5.78. The van der Waals surface area contributed by atoms with Crippen molar-refractivity contribution in [3.05, 3.63) is 56.9 Å². The van der Waals surface area contributed by atoms with Gasteiger partial charge in [0.25, 0.3) is 5.56 Å². The summed E-state index contributed by atoms with van der Waals surface area (Å²) in [4.78, 5) is 26.7. The van der Waals surface area contributed by atoms with Gasteiger partial charge in [0, 0.05) is 12.1 Å². The maximum Gasteiger partial charge on any atom is 0.335 e. The molecule has 6 heteroatoms. The zero-order chi connectivity index (χ0) is 13.6. The van der Waals surface area contributed by atoms with Crippen LogP contribution in [0.3, 0.4) is 0 Å². The lowest BCUT2D eigenvalue weighted by Gasteiger charge is -2.03. The summed E-state index contributed by atoms with van der Waals surface area (Å²) in [6.07, 6.45) is 0. The van der Waals surface area contributed by atoms with Crippen molar-refractivity contribution in [3.63, 3.8) is 0 Å². The molecule has 0 spiro atoms. The topological polar surface area (TPSA) is 88.2 Å². The third kappa shape index (κ3) is 1.74. The van der Waals surface area contributed by atoms with Gasteiger partial charge in [-0.2, -0.15) is 4.57 Å². The second kappa shape index (κ2) is 3.88. The first-order chi connectivity index (χ1) is 9.06. The monoisotopic (exact) mass is 258 g/mol. The Morgan fingerprint density at radius 2 is 2.00 bits per heavy atom. The second-order valence-electron chi connectivity index (χ2n) is 4.18. The fourth-order valence-electron chi connectivity index (χ4n) is 1.95. The summed E-state index contributed by atoms with van der Waals surface area (Å²) in [5, 5.41) is 9.65. The van der Waals surface area contributed by atoms with Gasteiger partial charge in [-0.15, -0.1) is 0 Å². The number of phenolic OH excluding ortho intramolecular Hbond substituents is 1. The number of nitrogens with one attached hydrogen (secondary N) is 1. The highest BCUT2D eigenvalue weighted by atomic mass is 16.4. The number of aromatic nitrogens is 2. The molecule has 0 aliphatic heterocycles. The molecule has 96 valence electrons. The average molecular weight is 258 g/mol. The van der Waals surface area contributed by atoms with E-state index in [1.54, 1.807) is 19.1 Å². The highest BCUT2D eigenvalue weighted by Gasteiger charge is 2.12. The van der Waals surface area contributed by atoms with Gasteiger partial charge in [0.1, 0.15) is 11.5 Å². The van der Waals surface area contributed by atoms with Crippen LogP contribution in [0.5, 0.6) is 5.75 Å². The number of benzene rings is 1. The third-order valence-corrected chi connectivity index (χ3v) is 2.83. The molecule has 0 radical (unpaired) electrons. The molecule has 0 saturated carbocycles. The van der Waals surface area contributed by atoms with Gasteiger partial charge in [0.05, 0.1) is 10.9 Å². The van der Waals surface area contributed by atoms with Gasteiger partial charge >= 0.3 is 5.69 Å². The zero-order valence-electron chi connectivity index (χ0n) is 10.0. The van der Waals surface area contributed by atoms with Gasteiger partial charge in [0.15, 0.2) is 0 Å². The molecule has 2 N–H and O–H groups in total. The number of furan rings is 1. The Hall–Kier alpha value is -2.76. The van der Waals surface area contributed by atoms with Crippen molar-refractivity contribution in [2.24, 2.45) is 0 Å². The van der Waals surface area contributed by atoms with Crippen LogP contribution >= 0.6 is 0 Å². The van der Waals surface area contributed by atoms with Crippen LogP contribution in [0.4, 0.5) is 0 Å². The minimum Gasteiger partial charge on any atom is -0.508 e. The van der Waals surface area contributed by atoms with Crippen LogP contribution < -0.4 is 11.2 Å². The summed E-state index contributed by atoms with van der Waals surface area (Å²) in [7, 11) is 0. The number of hydrogen-bond donors (Lipinski definition) is 2. The Balaban J connectivity index is 2.41. The third-order valence-electron chi connectivity index (χ3n) is 2.83. The molecular weight excluding hydrogens is 248 g/mol. The molecule has 0 bridgehead atoms. The molecule has 0 atom stereocenters. The lowest BCUT2D eigenvalue weighted by atomic mass is 10.2. The maximum atomic E-state index is 12.3. The van der Waals surface area contributed by atoms with E-state index >= 15 is 0 Å². The number of nitrogens with zero attached hydrogens (tertiary/aromatic N) is 1. The van der Waals surface area contributed by atoms with E-state index in [-0.39, 0.29) is 17.2 Å². The fraction of sp³-hybridized carbons (Fsp3) is 0.0769. The van der Waals surface area contributed by atoms with Crippen LogP contribution in [-0.4, -0.2) is 14.7 Å². The molecule has 1 aromatic carbocycles. The molecule has 19 heavy (non-hydrogen) atoms. The van der Waals surface area contributed by atoms with Crippen molar-refractivity contribution >= 4 is 10.9 Å². The molecule has 0 amide bonds. The number of rotatable bonds is 1. The Kier molecular flexibility index (Phi) is 2.31. The van der Waals surface area contributed by atoms with E-state index < -0.39 is 11.2 Å². The Labute approximate surface area is 106 Å². The Morgan fingerprint density at radius 3 is 2.68 bits per heavy atom. The van der Waals surface area contributed by atoms with Crippen LogP contribution in [0, 0.1) is 6.92 Å². The van der Waals surface area contributed by atoms with Crippen molar-refractivity contribution in [2.45, 2.75) is 6.92 Å². The van der Waals surface area contributed by atoms with Gasteiger partial charge < -0.3 is 14.5 Å². The van der Waals surface area contributed by atoms with Crippen LogP contribution in [0.2, 0.25) is 0 Å². The molecular formula is C13H10N2O4. The largest absolute Gasteiger partial charge is 0.508 e. The first-order valence-electron chi connectivity index (χ1n) is 5.61. The van der Waals surface area contributed by atoms with E-state index in [9.17, 15) is 14.7 Å². The molecule has 6 nitrogen and oxygen atoms in total. The lowest BCUT2D eigenvalue weighted by Crippen LogP contribution is -2.33. The highest BCUT2D eigenvalue weighted by Crippen LogP contribution is 2.15. The maximum absolute atomic E-state index is 12.3. The number of fused-ring (bicyclic) bond motifs is 1. The first-order valence-corrected chi connectivity index (χ1v) is 5.61. The predicted octanol–water partition coefficient (Wildman–Crippen LogP) is 1.29. The zero-order valence-corrected chi connectivity index (χ0v) is 10.0. The van der Waals surface area contributed by atoms with Gasteiger partial charge in [-0.25, -0.2) is 4.79 Å². The fourth-order valence-corrected chi connectivity index (χ4v) is 1.95. The smallest absolute Gasteiger partial charge is 0.335 e. The van der Waals surface area contributed by atoms with E-state index in [1.165, 1.54) is 18.2 Å². The number of phenols is 1. The Bertz CT molecular complexity index is 886. The minimum absolute atomic E-state index is 0.0193. The molecule has 3 rings (SSSR count). The van der Waals surface area contributed by atoms with E-state index in [0.29, 0.717) is 11.1 Å². The summed E-state index contributed by atoms with van der Waals surface area (Å²) in [6.45, 7) is 1.72. The van der Waals surface area contributed by atoms with Crippen molar-refractivity contribution < 1.29 is 9.52 Å². The number of hydrogen-bond acceptors (Lipinski definition) is 4. The normalized spacial score (nSPS) is 11.0. The summed E-state index contributed by atoms with van der Waals surface area (Å²) in [5.41, 5.74) is -0.819. The second-order valence-corrected chi connectivity index (χ2v) is 4.18. The molecule has 2 heterocycles. The lowest BCUT2D eigenvalue weighted by molar-refractivity contribution is 0.476. The molecule has 3 aromatic rings. The van der Waals surface area contributed by atoms with Crippen LogP contribution in [0.1, 0.15) is 5.76 Å². The van der Waals surface area contributed by atoms with E-state index in [1.807, 2.05) is 0 Å². The number of aryl methyl sites for hydroxylation is 1. The SMILES string of the molecule is Cc1ccc(-n2c(=O)[nH]c3cc(O)ccc3c2=O)o1.